The summed E-state index contributed by atoms with van der Waals surface area (Å²) in [5, 5.41) is 9.82. The summed E-state index contributed by atoms with van der Waals surface area (Å²) in [7, 11) is 0. The van der Waals surface area contributed by atoms with Gasteiger partial charge in [-0.25, -0.2) is 14.4 Å². The maximum atomic E-state index is 12.7. The van der Waals surface area contributed by atoms with E-state index in [4.69, 9.17) is 18.9 Å². The van der Waals surface area contributed by atoms with Crippen LogP contribution in [0.1, 0.15) is 36.7 Å². The van der Waals surface area contributed by atoms with Crippen LogP contribution in [0.15, 0.2) is 78.9 Å². The Bertz CT molecular complexity index is 1180. The van der Waals surface area contributed by atoms with Crippen LogP contribution in [0.4, 0.5) is 0 Å². The lowest BCUT2D eigenvalue weighted by molar-refractivity contribution is -0.140. The van der Waals surface area contributed by atoms with Gasteiger partial charge in [0.15, 0.2) is 6.29 Å². The zero-order valence-electron chi connectivity index (χ0n) is 21.4. The fourth-order valence-corrected chi connectivity index (χ4v) is 2.94. The highest BCUT2D eigenvalue weighted by atomic mass is 16.6. The summed E-state index contributed by atoms with van der Waals surface area (Å²) in [4.78, 5) is 36.0. The summed E-state index contributed by atoms with van der Waals surface area (Å²) in [6.45, 7) is 15.4. The lowest BCUT2D eigenvalue weighted by atomic mass is 9.98. The third-order valence-electron chi connectivity index (χ3n) is 4.96. The molecule has 1 unspecified atom stereocenters. The molecule has 0 heterocycles. The van der Waals surface area contributed by atoms with E-state index < -0.39 is 24.2 Å². The topological polar surface area (TPSA) is 108 Å². The molecule has 0 aliphatic rings. The minimum Gasteiger partial charge on any atom is -0.459 e. The molecule has 8 heteroatoms. The van der Waals surface area contributed by atoms with Gasteiger partial charge in [-0.05, 0) is 73.7 Å². The van der Waals surface area contributed by atoms with Crippen molar-refractivity contribution in [2.24, 2.45) is 0 Å². The minimum absolute atomic E-state index is 0.0963. The SMILES string of the molecule is C=C(C)C(=O)OCCOC(=O)c1cc(CCOC(O)C(=C)C)cc(-c2ccc(OC(=O)C(=C)C)cc2)c1. The first kappa shape index (κ1) is 29.2. The number of aliphatic hydroxyl groups excluding tert-OH is 1. The normalized spacial score (nSPS) is 11.2. The zero-order valence-corrected chi connectivity index (χ0v) is 21.4. The second-order valence-electron chi connectivity index (χ2n) is 8.48. The van der Waals surface area contributed by atoms with Crippen LogP contribution < -0.4 is 4.74 Å². The zero-order chi connectivity index (χ0) is 27.5. The summed E-state index contributed by atoms with van der Waals surface area (Å²) in [6.07, 6.45) is -0.674. The quantitative estimate of drug-likeness (QED) is 0.105. The van der Waals surface area contributed by atoms with Crippen molar-refractivity contribution in [1.29, 1.82) is 0 Å². The van der Waals surface area contributed by atoms with E-state index in [9.17, 15) is 19.5 Å². The first-order valence-electron chi connectivity index (χ1n) is 11.5. The predicted molar refractivity (Wildman–Crippen MR) is 139 cm³/mol. The lowest BCUT2D eigenvalue weighted by Crippen LogP contribution is -2.15. The van der Waals surface area contributed by atoms with E-state index in [-0.39, 0.29) is 36.5 Å². The van der Waals surface area contributed by atoms with Gasteiger partial charge < -0.3 is 24.1 Å². The lowest BCUT2D eigenvalue weighted by Gasteiger charge is -2.13. The third-order valence-corrected chi connectivity index (χ3v) is 4.96. The number of esters is 3. The number of rotatable bonds is 13. The van der Waals surface area contributed by atoms with E-state index in [1.807, 2.05) is 6.07 Å². The molecule has 2 rings (SSSR count). The van der Waals surface area contributed by atoms with E-state index in [0.29, 0.717) is 17.7 Å². The predicted octanol–water partition coefficient (Wildman–Crippen LogP) is 4.56. The molecule has 0 saturated carbocycles. The van der Waals surface area contributed by atoms with Crippen molar-refractivity contribution in [3.63, 3.8) is 0 Å². The van der Waals surface area contributed by atoms with Gasteiger partial charge in [-0.15, -0.1) is 0 Å². The summed E-state index contributed by atoms with van der Waals surface area (Å²) in [6, 6.07) is 12.0. The Morgan fingerprint density at radius 2 is 1.43 bits per heavy atom. The Hall–Kier alpha value is -4.01. The fraction of sp³-hybridized carbons (Fsp3) is 0.276. The fourth-order valence-electron chi connectivity index (χ4n) is 2.94. The van der Waals surface area contributed by atoms with Crippen LogP contribution in [-0.4, -0.2) is 49.1 Å². The van der Waals surface area contributed by atoms with Crippen LogP contribution in [0.5, 0.6) is 5.75 Å². The summed E-state index contributed by atoms with van der Waals surface area (Å²) in [5.41, 5.74) is 3.57. The Morgan fingerprint density at radius 3 is 2.03 bits per heavy atom. The average Bonchev–Trinajstić information content (AvgIpc) is 2.86. The second-order valence-corrected chi connectivity index (χ2v) is 8.48. The largest absolute Gasteiger partial charge is 0.459 e. The van der Waals surface area contributed by atoms with E-state index in [1.54, 1.807) is 50.2 Å². The van der Waals surface area contributed by atoms with Gasteiger partial charge in [0, 0.05) is 11.1 Å². The molecule has 0 bridgehead atoms. The number of carbonyl (C=O) groups excluding carboxylic acids is 3. The van der Waals surface area contributed by atoms with Gasteiger partial charge in [0.1, 0.15) is 19.0 Å². The number of hydrogen-bond acceptors (Lipinski definition) is 8. The van der Waals surface area contributed by atoms with E-state index in [2.05, 4.69) is 19.7 Å². The Morgan fingerprint density at radius 1 is 0.811 bits per heavy atom. The van der Waals surface area contributed by atoms with Gasteiger partial charge >= 0.3 is 17.9 Å². The monoisotopic (exact) mass is 508 g/mol. The van der Waals surface area contributed by atoms with Crippen molar-refractivity contribution in [3.05, 3.63) is 90.0 Å². The molecule has 0 spiro atoms. The molecule has 37 heavy (non-hydrogen) atoms. The highest BCUT2D eigenvalue weighted by Crippen LogP contribution is 2.26. The summed E-state index contributed by atoms with van der Waals surface area (Å²) < 4.78 is 20.8. The number of ether oxygens (including phenoxy) is 4. The molecule has 8 nitrogen and oxygen atoms in total. The second kappa shape index (κ2) is 13.9. The van der Waals surface area contributed by atoms with Crippen LogP contribution in [0.25, 0.3) is 11.1 Å². The van der Waals surface area contributed by atoms with Crippen LogP contribution in [-0.2, 0) is 30.2 Å². The molecule has 0 aromatic heterocycles. The summed E-state index contributed by atoms with van der Waals surface area (Å²) in [5.74, 6) is -1.32. The maximum absolute atomic E-state index is 12.7. The van der Waals surface area contributed by atoms with Crippen molar-refractivity contribution < 1.29 is 38.4 Å². The van der Waals surface area contributed by atoms with E-state index >= 15 is 0 Å². The van der Waals surface area contributed by atoms with Crippen molar-refractivity contribution in [2.45, 2.75) is 33.5 Å². The number of carbonyl (C=O) groups is 3. The molecule has 0 aliphatic heterocycles. The highest BCUT2D eigenvalue weighted by Gasteiger charge is 2.14. The van der Waals surface area contributed by atoms with Crippen LogP contribution in [0, 0.1) is 0 Å². The molecule has 196 valence electrons. The minimum atomic E-state index is -1.08. The molecule has 2 aromatic carbocycles. The molecular weight excluding hydrogens is 476 g/mol. The third kappa shape index (κ3) is 9.51. The maximum Gasteiger partial charge on any atom is 0.338 e. The Kier molecular flexibility index (Phi) is 11.0. The molecule has 0 amide bonds. The number of benzene rings is 2. The van der Waals surface area contributed by atoms with Crippen LogP contribution in [0.3, 0.4) is 0 Å². The van der Waals surface area contributed by atoms with Gasteiger partial charge in [0.05, 0.1) is 12.2 Å². The van der Waals surface area contributed by atoms with Gasteiger partial charge in [0.2, 0.25) is 0 Å². The average molecular weight is 509 g/mol. The van der Waals surface area contributed by atoms with Crippen LogP contribution in [0.2, 0.25) is 0 Å². The molecule has 0 radical (unpaired) electrons. The van der Waals surface area contributed by atoms with E-state index in [1.165, 1.54) is 6.92 Å². The Balaban J connectivity index is 2.21. The Labute approximate surface area is 216 Å². The highest BCUT2D eigenvalue weighted by molar-refractivity contribution is 5.92. The van der Waals surface area contributed by atoms with Gasteiger partial charge in [-0.1, -0.05) is 37.9 Å². The first-order chi connectivity index (χ1) is 17.5. The molecule has 1 atom stereocenters. The van der Waals surface area contributed by atoms with Gasteiger partial charge in [-0.2, -0.15) is 0 Å². The molecule has 0 fully saturated rings. The molecule has 2 aromatic rings. The molecule has 1 N–H and O–H groups in total. The van der Waals surface area contributed by atoms with Crippen molar-refractivity contribution in [3.8, 4) is 16.9 Å². The number of aliphatic hydroxyl groups is 1. The van der Waals surface area contributed by atoms with Gasteiger partial charge in [0.25, 0.3) is 0 Å². The molecule has 0 aliphatic carbocycles. The van der Waals surface area contributed by atoms with Gasteiger partial charge in [-0.3, -0.25) is 0 Å². The molecular formula is C29H32O8. The smallest absolute Gasteiger partial charge is 0.338 e. The van der Waals surface area contributed by atoms with Crippen molar-refractivity contribution >= 4 is 17.9 Å². The van der Waals surface area contributed by atoms with Crippen LogP contribution >= 0.6 is 0 Å². The summed E-state index contributed by atoms with van der Waals surface area (Å²) >= 11 is 0. The number of hydrogen-bond donors (Lipinski definition) is 1. The first-order valence-corrected chi connectivity index (χ1v) is 11.5. The van der Waals surface area contributed by atoms with Crippen molar-refractivity contribution in [1.82, 2.24) is 0 Å². The molecule has 0 saturated heterocycles. The van der Waals surface area contributed by atoms with E-state index in [0.717, 1.165) is 16.7 Å². The standard InChI is InChI=1S/C29H32O8/c1-18(2)26(30)34-12-11-21-15-23(22-7-9-25(10-8-22)37-28(32)20(5)6)17-24(16-21)29(33)36-14-13-35-27(31)19(3)4/h7-10,15-17,26,30H,1,3,5,11-14H2,2,4,6H3. The van der Waals surface area contributed by atoms with Crippen molar-refractivity contribution in [2.75, 3.05) is 19.8 Å².